The summed E-state index contributed by atoms with van der Waals surface area (Å²) in [7, 11) is 2.05. The highest BCUT2D eigenvalue weighted by molar-refractivity contribution is 5.72. The van der Waals surface area contributed by atoms with Crippen molar-refractivity contribution in [2.45, 2.75) is 12.2 Å². The van der Waals surface area contributed by atoms with E-state index in [9.17, 15) is 10.2 Å². The van der Waals surface area contributed by atoms with E-state index in [-0.39, 0.29) is 0 Å². The van der Waals surface area contributed by atoms with Gasteiger partial charge in [0.25, 0.3) is 0 Å². The molecule has 1 aliphatic rings. The molecular weight excluding hydrogens is 298 g/mol. The molecule has 2 atom stereocenters. The molecule has 2 aromatic carbocycles. The van der Waals surface area contributed by atoms with Gasteiger partial charge in [0, 0.05) is 13.1 Å². The predicted octanol–water partition coefficient (Wildman–Crippen LogP) is 3.12. The molecule has 3 nitrogen and oxygen atoms in total. The van der Waals surface area contributed by atoms with Crippen LogP contribution in [0.5, 0.6) is 0 Å². The third kappa shape index (κ3) is 3.82. The van der Waals surface area contributed by atoms with Crippen molar-refractivity contribution in [3.63, 3.8) is 0 Å². The van der Waals surface area contributed by atoms with Crippen molar-refractivity contribution in [1.29, 1.82) is 0 Å². The van der Waals surface area contributed by atoms with E-state index in [2.05, 4.69) is 36.2 Å². The molecule has 0 saturated heterocycles. The van der Waals surface area contributed by atoms with Gasteiger partial charge in [-0.2, -0.15) is 0 Å². The van der Waals surface area contributed by atoms with Gasteiger partial charge >= 0.3 is 0 Å². The molecule has 0 bridgehead atoms. The third-order valence-electron chi connectivity index (χ3n) is 4.29. The van der Waals surface area contributed by atoms with Crippen molar-refractivity contribution in [1.82, 2.24) is 4.90 Å². The summed E-state index contributed by atoms with van der Waals surface area (Å²) in [6, 6.07) is 18.0. The van der Waals surface area contributed by atoms with Crippen LogP contribution in [0.4, 0.5) is 0 Å². The molecule has 2 N–H and O–H groups in total. The Morgan fingerprint density at radius 1 is 1.00 bits per heavy atom. The van der Waals surface area contributed by atoms with Crippen LogP contribution in [0.25, 0.3) is 11.6 Å². The number of hydrogen-bond acceptors (Lipinski definition) is 3. The van der Waals surface area contributed by atoms with Crippen LogP contribution in [0.1, 0.15) is 22.8 Å². The molecule has 3 rings (SSSR count). The minimum absolute atomic E-state index is 0.722. The van der Waals surface area contributed by atoms with Crippen LogP contribution in [0, 0.1) is 0 Å². The first-order valence-corrected chi connectivity index (χ1v) is 8.21. The Kier molecular flexibility index (Phi) is 5.26. The zero-order chi connectivity index (χ0) is 16.9. The van der Waals surface area contributed by atoms with Gasteiger partial charge in [0.15, 0.2) is 0 Å². The first-order valence-electron chi connectivity index (χ1n) is 8.21. The maximum atomic E-state index is 10.1. The Hall–Kier alpha value is -2.20. The molecule has 0 fully saturated rings. The molecule has 3 heteroatoms. The summed E-state index contributed by atoms with van der Waals surface area (Å²) < 4.78 is 0. The Morgan fingerprint density at radius 3 is 2.50 bits per heavy atom. The summed E-state index contributed by atoms with van der Waals surface area (Å²) in [5.41, 5.74) is 4.07. The number of benzene rings is 2. The lowest BCUT2D eigenvalue weighted by molar-refractivity contribution is 0.0463. The number of aliphatic hydroxyl groups is 2. The summed E-state index contributed by atoms with van der Waals surface area (Å²) in [6.07, 6.45) is 4.33. The topological polar surface area (TPSA) is 43.7 Å². The molecule has 0 saturated carbocycles. The van der Waals surface area contributed by atoms with E-state index in [1.54, 1.807) is 6.08 Å². The van der Waals surface area contributed by atoms with E-state index in [0.29, 0.717) is 0 Å². The molecule has 0 radical (unpaired) electrons. The standard InChI is InChI=1S/C21H23NO2/c1-22(13-7-10-16-8-3-2-4-9-16)15-17-14-20(23)21(24)19-12-6-5-11-18(17)19/h2-12,14,20-21,23-24H,13,15H2,1H3/b10-7+/t20-,21-/m0/s1. The normalized spacial score (nSPS) is 20.2. The van der Waals surface area contributed by atoms with E-state index < -0.39 is 12.2 Å². The molecular formula is C21H23NO2. The van der Waals surface area contributed by atoms with E-state index in [1.807, 2.05) is 42.5 Å². The Labute approximate surface area is 143 Å². The summed E-state index contributed by atoms with van der Waals surface area (Å²) in [5.74, 6) is 0. The lowest BCUT2D eigenvalue weighted by Gasteiger charge is -2.28. The Bertz CT molecular complexity index is 737. The SMILES string of the molecule is CN(C/C=C/c1ccccc1)CC1=C[C@H](O)[C@@H](O)c2ccccc21. The first-order chi connectivity index (χ1) is 11.6. The number of fused-ring (bicyclic) bond motifs is 1. The van der Waals surface area contributed by atoms with Crippen molar-refractivity contribution < 1.29 is 10.2 Å². The second kappa shape index (κ2) is 7.58. The van der Waals surface area contributed by atoms with Crippen LogP contribution in [-0.4, -0.2) is 41.4 Å². The van der Waals surface area contributed by atoms with Gasteiger partial charge in [-0.05, 0) is 35.4 Å². The second-order valence-electron chi connectivity index (χ2n) is 6.22. The third-order valence-corrected chi connectivity index (χ3v) is 4.29. The highest BCUT2D eigenvalue weighted by atomic mass is 16.3. The quantitative estimate of drug-likeness (QED) is 0.889. The second-order valence-corrected chi connectivity index (χ2v) is 6.22. The summed E-state index contributed by atoms with van der Waals surface area (Å²) >= 11 is 0. The molecule has 0 aliphatic heterocycles. The van der Waals surface area contributed by atoms with Gasteiger partial charge in [0.05, 0.1) is 0 Å². The minimum atomic E-state index is -0.844. The highest BCUT2D eigenvalue weighted by Crippen LogP contribution is 2.33. The van der Waals surface area contributed by atoms with Crippen LogP contribution in [0.3, 0.4) is 0 Å². The smallest absolute Gasteiger partial charge is 0.109 e. The van der Waals surface area contributed by atoms with Crippen molar-refractivity contribution in [2.75, 3.05) is 20.1 Å². The van der Waals surface area contributed by atoms with Crippen LogP contribution in [0.15, 0.2) is 66.7 Å². The van der Waals surface area contributed by atoms with Gasteiger partial charge < -0.3 is 10.2 Å². The van der Waals surface area contributed by atoms with E-state index in [4.69, 9.17) is 0 Å². The van der Waals surface area contributed by atoms with Gasteiger partial charge in [0.2, 0.25) is 0 Å². The molecule has 0 amide bonds. The maximum absolute atomic E-state index is 10.1. The van der Waals surface area contributed by atoms with Crippen molar-refractivity contribution in [2.24, 2.45) is 0 Å². The fourth-order valence-corrected chi connectivity index (χ4v) is 3.04. The number of likely N-dealkylation sites (N-methyl/N-ethyl adjacent to an activating group) is 1. The molecule has 0 spiro atoms. The number of hydrogen-bond donors (Lipinski definition) is 2. The van der Waals surface area contributed by atoms with E-state index in [0.717, 1.165) is 29.8 Å². The van der Waals surface area contributed by atoms with Gasteiger partial charge in [-0.3, -0.25) is 4.90 Å². The molecule has 0 aromatic heterocycles. The van der Waals surface area contributed by atoms with E-state index >= 15 is 0 Å². The average molecular weight is 321 g/mol. The predicted molar refractivity (Wildman–Crippen MR) is 98.4 cm³/mol. The Balaban J connectivity index is 1.67. The van der Waals surface area contributed by atoms with Crippen molar-refractivity contribution in [3.05, 3.63) is 83.4 Å². The maximum Gasteiger partial charge on any atom is 0.109 e. The number of aliphatic hydroxyl groups excluding tert-OH is 2. The van der Waals surface area contributed by atoms with Gasteiger partial charge in [-0.15, -0.1) is 0 Å². The Morgan fingerprint density at radius 2 is 1.71 bits per heavy atom. The zero-order valence-electron chi connectivity index (χ0n) is 13.8. The van der Waals surface area contributed by atoms with Crippen molar-refractivity contribution >= 4 is 11.6 Å². The van der Waals surface area contributed by atoms with Crippen LogP contribution in [0.2, 0.25) is 0 Å². The molecule has 2 aromatic rings. The highest BCUT2D eigenvalue weighted by Gasteiger charge is 2.26. The van der Waals surface area contributed by atoms with Gasteiger partial charge in [0.1, 0.15) is 12.2 Å². The number of rotatable bonds is 5. The summed E-state index contributed by atoms with van der Waals surface area (Å²) in [4.78, 5) is 2.19. The lowest BCUT2D eigenvalue weighted by Crippen LogP contribution is -2.27. The van der Waals surface area contributed by atoms with Gasteiger partial charge in [-0.25, -0.2) is 0 Å². The minimum Gasteiger partial charge on any atom is -0.386 e. The molecule has 1 aliphatic carbocycles. The fourth-order valence-electron chi connectivity index (χ4n) is 3.04. The van der Waals surface area contributed by atoms with Gasteiger partial charge in [-0.1, -0.05) is 66.7 Å². The molecule has 0 unspecified atom stereocenters. The molecule has 24 heavy (non-hydrogen) atoms. The zero-order valence-corrected chi connectivity index (χ0v) is 13.8. The van der Waals surface area contributed by atoms with Crippen LogP contribution >= 0.6 is 0 Å². The van der Waals surface area contributed by atoms with E-state index in [1.165, 1.54) is 5.56 Å². The lowest BCUT2D eigenvalue weighted by atomic mass is 9.87. The average Bonchev–Trinajstić information content (AvgIpc) is 2.60. The van der Waals surface area contributed by atoms with Crippen LogP contribution in [-0.2, 0) is 0 Å². The van der Waals surface area contributed by atoms with Crippen molar-refractivity contribution in [3.8, 4) is 0 Å². The number of nitrogens with zero attached hydrogens (tertiary/aromatic N) is 1. The largest absolute Gasteiger partial charge is 0.386 e. The monoisotopic (exact) mass is 321 g/mol. The summed E-state index contributed by atoms with van der Waals surface area (Å²) in [6.45, 7) is 1.53. The summed E-state index contributed by atoms with van der Waals surface area (Å²) in [5, 5.41) is 20.2. The van der Waals surface area contributed by atoms with Crippen LogP contribution < -0.4 is 0 Å². The molecule has 0 heterocycles. The molecule has 124 valence electrons. The first kappa shape index (κ1) is 16.7. The fraction of sp³-hybridized carbons (Fsp3) is 0.238.